The lowest BCUT2D eigenvalue weighted by molar-refractivity contribution is 0.857. The van der Waals surface area contributed by atoms with Crippen LogP contribution in [-0.2, 0) is 0 Å². The van der Waals surface area contributed by atoms with Gasteiger partial charge in [0.15, 0.2) is 5.43 Å². The zero-order chi connectivity index (χ0) is 12.7. The van der Waals surface area contributed by atoms with Crippen LogP contribution >= 0.6 is 0 Å². The fourth-order valence-electron chi connectivity index (χ4n) is 2.02. The van der Waals surface area contributed by atoms with E-state index in [4.69, 9.17) is 0 Å². The van der Waals surface area contributed by atoms with Crippen molar-refractivity contribution >= 4 is 11.0 Å². The summed E-state index contributed by atoms with van der Waals surface area (Å²) in [6.07, 6.45) is 0. The minimum Gasteiger partial charge on any atom is -0.344 e. The van der Waals surface area contributed by atoms with Crippen molar-refractivity contribution < 1.29 is 0 Å². The number of para-hydroxylation sites is 1. The summed E-state index contributed by atoms with van der Waals surface area (Å²) in [7, 11) is 0. The molecule has 0 unspecified atom stereocenters. The van der Waals surface area contributed by atoms with Crippen molar-refractivity contribution in [3.8, 4) is 5.69 Å². The summed E-state index contributed by atoms with van der Waals surface area (Å²) in [5, 5.41) is 3.07. The maximum atomic E-state index is 12.2. The van der Waals surface area contributed by atoms with E-state index in [1.54, 1.807) is 19.1 Å². The maximum Gasteiger partial charge on any atom is 0.284 e. The van der Waals surface area contributed by atoms with E-state index in [2.05, 4.69) is 10.1 Å². The molecule has 0 aliphatic carbocycles. The Kier molecular flexibility index (Phi) is 2.19. The van der Waals surface area contributed by atoms with Crippen molar-refractivity contribution in [1.82, 2.24) is 14.8 Å². The number of hydrogen-bond acceptors (Lipinski definition) is 2. The van der Waals surface area contributed by atoms with E-state index < -0.39 is 0 Å². The molecule has 3 rings (SSSR count). The molecule has 18 heavy (non-hydrogen) atoms. The average molecular weight is 241 g/mol. The molecule has 5 nitrogen and oxygen atoms in total. The van der Waals surface area contributed by atoms with Crippen LogP contribution in [0, 0.1) is 6.92 Å². The second-order valence-electron chi connectivity index (χ2n) is 4.15. The van der Waals surface area contributed by atoms with Gasteiger partial charge in [0.1, 0.15) is 11.0 Å². The molecule has 0 saturated carbocycles. The topological polar surface area (TPSA) is 70.7 Å². The molecule has 1 aromatic carbocycles. The number of fused-ring (bicyclic) bond motifs is 1. The second kappa shape index (κ2) is 3.73. The van der Waals surface area contributed by atoms with E-state index in [-0.39, 0.29) is 16.4 Å². The molecule has 2 aromatic heterocycles. The zero-order valence-corrected chi connectivity index (χ0v) is 9.73. The Hall–Kier alpha value is -2.56. The number of benzene rings is 1. The molecule has 2 N–H and O–H groups in total. The molecule has 0 bridgehead atoms. The number of aryl methyl sites for hydroxylation is 1. The molecule has 0 aliphatic heterocycles. The van der Waals surface area contributed by atoms with E-state index in [9.17, 15) is 9.59 Å². The first-order valence-electron chi connectivity index (χ1n) is 5.57. The van der Waals surface area contributed by atoms with Crippen molar-refractivity contribution in [2.45, 2.75) is 6.92 Å². The third-order valence-corrected chi connectivity index (χ3v) is 2.82. The molecule has 0 amide bonds. The van der Waals surface area contributed by atoms with Gasteiger partial charge in [0, 0.05) is 11.8 Å². The van der Waals surface area contributed by atoms with Crippen LogP contribution in [0.3, 0.4) is 0 Å². The lowest BCUT2D eigenvalue weighted by Crippen LogP contribution is -2.18. The number of rotatable bonds is 1. The highest BCUT2D eigenvalue weighted by Gasteiger charge is 2.11. The average Bonchev–Trinajstić information content (AvgIpc) is 2.67. The Morgan fingerprint density at radius 2 is 1.83 bits per heavy atom. The predicted molar refractivity (Wildman–Crippen MR) is 69.3 cm³/mol. The molecular weight excluding hydrogens is 230 g/mol. The van der Waals surface area contributed by atoms with Crippen LogP contribution in [0.15, 0.2) is 46.0 Å². The monoisotopic (exact) mass is 241 g/mol. The van der Waals surface area contributed by atoms with Crippen LogP contribution < -0.4 is 11.0 Å². The zero-order valence-electron chi connectivity index (χ0n) is 9.73. The summed E-state index contributed by atoms with van der Waals surface area (Å²) in [6.45, 7) is 1.78. The normalized spacial score (nSPS) is 10.9. The highest BCUT2D eigenvalue weighted by molar-refractivity contribution is 5.74. The molecule has 2 heterocycles. The van der Waals surface area contributed by atoms with Gasteiger partial charge in [-0.05, 0) is 19.1 Å². The predicted octanol–water partition coefficient (Wildman–Crippen LogP) is 1.32. The molecule has 0 spiro atoms. The SMILES string of the molecule is Cc1cc(=O)c2c(=O)n(-c3ccccc3)[nH]c2[nH]1. The summed E-state index contributed by atoms with van der Waals surface area (Å²) in [5.74, 6) is 0. The number of nitrogens with zero attached hydrogens (tertiary/aromatic N) is 1. The molecule has 0 radical (unpaired) electrons. The molecule has 0 saturated heterocycles. The Morgan fingerprint density at radius 1 is 1.11 bits per heavy atom. The van der Waals surface area contributed by atoms with E-state index in [1.165, 1.54) is 10.7 Å². The summed E-state index contributed by atoms with van der Waals surface area (Å²) in [4.78, 5) is 27.0. The van der Waals surface area contributed by atoms with Gasteiger partial charge >= 0.3 is 0 Å². The smallest absolute Gasteiger partial charge is 0.284 e. The van der Waals surface area contributed by atoms with Gasteiger partial charge in [-0.2, -0.15) is 0 Å². The summed E-state index contributed by atoms with van der Waals surface area (Å²) in [6, 6.07) is 10.6. The number of pyridine rings is 1. The van der Waals surface area contributed by atoms with Crippen LogP contribution in [0.2, 0.25) is 0 Å². The fourth-order valence-corrected chi connectivity index (χ4v) is 2.02. The first-order chi connectivity index (χ1) is 8.66. The van der Waals surface area contributed by atoms with Crippen molar-refractivity contribution in [1.29, 1.82) is 0 Å². The molecule has 3 aromatic rings. The first kappa shape index (κ1) is 10.6. The lowest BCUT2D eigenvalue weighted by Gasteiger charge is -1.99. The standard InChI is InChI=1S/C13H11N3O2/c1-8-7-10(17)11-12(14-8)15-16(13(11)18)9-5-3-2-4-6-9/h2-7H,1H3,(H2,14,15,17). The van der Waals surface area contributed by atoms with Gasteiger partial charge in [-0.15, -0.1) is 0 Å². The summed E-state index contributed by atoms with van der Waals surface area (Å²) >= 11 is 0. The van der Waals surface area contributed by atoms with Crippen LogP contribution in [0.4, 0.5) is 0 Å². The molecule has 5 heteroatoms. The van der Waals surface area contributed by atoms with Gasteiger partial charge < -0.3 is 4.98 Å². The fraction of sp³-hybridized carbons (Fsp3) is 0.0769. The Bertz CT molecular complexity index is 825. The van der Waals surface area contributed by atoms with E-state index >= 15 is 0 Å². The van der Waals surface area contributed by atoms with E-state index in [0.717, 1.165) is 0 Å². The van der Waals surface area contributed by atoms with Gasteiger partial charge in [-0.25, -0.2) is 4.68 Å². The van der Waals surface area contributed by atoms with Crippen molar-refractivity contribution in [2.24, 2.45) is 0 Å². The van der Waals surface area contributed by atoms with Crippen molar-refractivity contribution in [3.63, 3.8) is 0 Å². The maximum absolute atomic E-state index is 12.2. The van der Waals surface area contributed by atoms with Gasteiger partial charge in [-0.1, -0.05) is 18.2 Å². The Morgan fingerprint density at radius 3 is 2.56 bits per heavy atom. The Balaban J connectivity index is 2.41. The highest BCUT2D eigenvalue weighted by atomic mass is 16.1. The highest BCUT2D eigenvalue weighted by Crippen LogP contribution is 2.06. The van der Waals surface area contributed by atoms with Crippen LogP contribution in [-0.4, -0.2) is 14.8 Å². The number of nitrogens with one attached hydrogen (secondary N) is 2. The number of aromatic amines is 2. The molecule has 0 atom stereocenters. The van der Waals surface area contributed by atoms with Gasteiger partial charge in [0.05, 0.1) is 5.69 Å². The van der Waals surface area contributed by atoms with Gasteiger partial charge in [0.25, 0.3) is 5.56 Å². The van der Waals surface area contributed by atoms with Crippen LogP contribution in [0.25, 0.3) is 16.7 Å². The van der Waals surface area contributed by atoms with Gasteiger partial charge in [-0.3, -0.25) is 14.7 Å². The molecular formula is C13H11N3O2. The first-order valence-corrected chi connectivity index (χ1v) is 5.57. The third kappa shape index (κ3) is 1.48. The number of H-pyrrole nitrogens is 2. The Labute approximate surface area is 102 Å². The number of hydrogen-bond donors (Lipinski definition) is 2. The van der Waals surface area contributed by atoms with Crippen LogP contribution in [0.5, 0.6) is 0 Å². The van der Waals surface area contributed by atoms with Crippen molar-refractivity contribution in [2.75, 3.05) is 0 Å². The lowest BCUT2D eigenvalue weighted by atomic mass is 10.3. The van der Waals surface area contributed by atoms with Crippen molar-refractivity contribution in [3.05, 3.63) is 62.7 Å². The second-order valence-corrected chi connectivity index (χ2v) is 4.15. The van der Waals surface area contributed by atoms with Gasteiger partial charge in [0.2, 0.25) is 0 Å². The van der Waals surface area contributed by atoms with Crippen LogP contribution in [0.1, 0.15) is 5.69 Å². The minimum atomic E-state index is -0.336. The summed E-state index contributed by atoms with van der Waals surface area (Å²) < 4.78 is 1.36. The van der Waals surface area contributed by atoms with E-state index in [0.29, 0.717) is 17.0 Å². The van der Waals surface area contributed by atoms with E-state index in [1.807, 2.05) is 18.2 Å². The molecule has 90 valence electrons. The molecule has 0 aliphatic rings. The third-order valence-electron chi connectivity index (χ3n) is 2.82. The minimum absolute atomic E-state index is 0.157. The largest absolute Gasteiger partial charge is 0.344 e. The number of aromatic nitrogens is 3. The summed E-state index contributed by atoms with van der Waals surface area (Å²) in [5.41, 5.74) is 1.27. The quantitative estimate of drug-likeness (QED) is 0.674. The molecule has 0 fully saturated rings.